The molecule has 0 aromatic carbocycles. The number of piperazine rings is 1. The maximum absolute atomic E-state index is 12.3. The van der Waals surface area contributed by atoms with Gasteiger partial charge in [-0.15, -0.1) is 11.3 Å². The number of amides is 2. The van der Waals surface area contributed by atoms with Crippen molar-refractivity contribution in [1.29, 1.82) is 0 Å². The van der Waals surface area contributed by atoms with Crippen molar-refractivity contribution >= 4 is 17.4 Å². The Balaban J connectivity index is 1.61. The zero-order chi connectivity index (χ0) is 15.4. The quantitative estimate of drug-likeness (QED) is 0.894. The number of nitrogens with one attached hydrogen (secondary N) is 2. The highest BCUT2D eigenvalue weighted by atomic mass is 32.1. The number of H-pyrrole nitrogens is 1. The molecule has 2 aromatic rings. The van der Waals surface area contributed by atoms with Gasteiger partial charge in [0.25, 0.3) is 0 Å². The number of imidazole rings is 1. The first kappa shape index (κ1) is 15.0. The lowest BCUT2D eigenvalue weighted by molar-refractivity contribution is 0.0896. The lowest BCUT2D eigenvalue weighted by Crippen LogP contribution is -2.53. The number of carbonyl (C=O) groups excluding carboxylic acids is 1. The number of rotatable bonds is 4. The Bertz CT molecular complexity index is 585. The topological polar surface area (TPSA) is 77.2 Å². The van der Waals surface area contributed by atoms with Crippen LogP contribution in [0.3, 0.4) is 0 Å². The molecule has 0 spiro atoms. The van der Waals surface area contributed by atoms with Crippen LogP contribution < -0.4 is 5.32 Å². The maximum Gasteiger partial charge on any atom is 0.317 e. The first-order chi connectivity index (χ1) is 10.8. The SMILES string of the molecule is CCN1CCN(C(=O)NCc2cscn2)CC1c1ncc[nH]1. The standard InChI is InChI=1S/C14H20N6OS/c1-2-19-5-6-20(8-12(19)13-15-3-4-16-13)14(21)17-7-11-9-22-10-18-11/h3-4,9-10,12H,2,5-8H2,1H3,(H,15,16)(H,17,21). The van der Waals surface area contributed by atoms with Crippen LogP contribution in [-0.4, -0.2) is 57.0 Å². The van der Waals surface area contributed by atoms with Crippen molar-refractivity contribution in [3.63, 3.8) is 0 Å². The normalized spacial score (nSPS) is 19.3. The third-order valence-electron chi connectivity index (χ3n) is 3.92. The van der Waals surface area contributed by atoms with Crippen LogP contribution >= 0.6 is 11.3 Å². The smallest absolute Gasteiger partial charge is 0.317 e. The van der Waals surface area contributed by atoms with Crippen molar-refractivity contribution in [1.82, 2.24) is 30.1 Å². The predicted octanol–water partition coefficient (Wildman–Crippen LogP) is 1.45. The molecular formula is C14H20N6OS. The Morgan fingerprint density at radius 3 is 3.09 bits per heavy atom. The number of thiazole rings is 1. The molecule has 1 aliphatic rings. The summed E-state index contributed by atoms with van der Waals surface area (Å²) in [5, 5.41) is 4.88. The van der Waals surface area contributed by atoms with Crippen LogP contribution in [0.2, 0.25) is 0 Å². The average Bonchev–Trinajstić information content (AvgIpc) is 3.25. The summed E-state index contributed by atoms with van der Waals surface area (Å²) < 4.78 is 0. The number of aromatic amines is 1. The number of nitrogens with zero attached hydrogens (tertiary/aromatic N) is 4. The van der Waals surface area contributed by atoms with E-state index in [4.69, 9.17) is 0 Å². The molecule has 3 heterocycles. The van der Waals surface area contributed by atoms with Gasteiger partial charge < -0.3 is 15.2 Å². The highest BCUT2D eigenvalue weighted by Crippen LogP contribution is 2.22. The first-order valence-electron chi connectivity index (χ1n) is 7.41. The molecule has 0 aliphatic carbocycles. The van der Waals surface area contributed by atoms with Crippen LogP contribution in [0.5, 0.6) is 0 Å². The van der Waals surface area contributed by atoms with Crippen LogP contribution in [-0.2, 0) is 6.54 Å². The van der Waals surface area contributed by atoms with Crippen molar-refractivity contribution in [2.75, 3.05) is 26.2 Å². The maximum atomic E-state index is 12.3. The zero-order valence-electron chi connectivity index (χ0n) is 12.5. The van der Waals surface area contributed by atoms with Gasteiger partial charge in [-0.25, -0.2) is 14.8 Å². The van der Waals surface area contributed by atoms with E-state index in [-0.39, 0.29) is 12.1 Å². The summed E-state index contributed by atoms with van der Waals surface area (Å²) >= 11 is 1.53. The van der Waals surface area contributed by atoms with Crippen LogP contribution in [0.15, 0.2) is 23.3 Å². The van der Waals surface area contributed by atoms with Gasteiger partial charge in [0.2, 0.25) is 0 Å². The average molecular weight is 320 g/mol. The minimum atomic E-state index is -0.0414. The second kappa shape index (κ2) is 6.89. The monoisotopic (exact) mass is 320 g/mol. The summed E-state index contributed by atoms with van der Waals surface area (Å²) in [5.41, 5.74) is 2.67. The van der Waals surface area contributed by atoms with Gasteiger partial charge in [-0.05, 0) is 6.54 Å². The molecule has 0 saturated carbocycles. The van der Waals surface area contributed by atoms with Crippen molar-refractivity contribution in [3.05, 3.63) is 34.8 Å². The molecule has 0 radical (unpaired) electrons. The minimum absolute atomic E-state index is 0.0414. The number of aromatic nitrogens is 3. The summed E-state index contributed by atoms with van der Waals surface area (Å²) in [5.74, 6) is 0.916. The second-order valence-corrected chi connectivity index (χ2v) is 5.92. The van der Waals surface area contributed by atoms with Gasteiger partial charge in [-0.3, -0.25) is 4.90 Å². The fourth-order valence-corrected chi connectivity index (χ4v) is 3.26. The van der Waals surface area contributed by atoms with Gasteiger partial charge in [0, 0.05) is 37.4 Å². The van der Waals surface area contributed by atoms with E-state index in [0.717, 1.165) is 31.2 Å². The Morgan fingerprint density at radius 1 is 1.50 bits per heavy atom. The Kier molecular flexibility index (Phi) is 4.69. The molecule has 1 saturated heterocycles. The molecule has 1 fully saturated rings. The fraction of sp³-hybridized carbons (Fsp3) is 0.500. The van der Waals surface area contributed by atoms with Gasteiger partial charge in [0.1, 0.15) is 5.82 Å². The summed E-state index contributed by atoms with van der Waals surface area (Å²) in [4.78, 5) is 28.2. The lowest BCUT2D eigenvalue weighted by Gasteiger charge is -2.39. The molecule has 2 aromatic heterocycles. The summed E-state index contributed by atoms with van der Waals surface area (Å²) in [6.07, 6.45) is 3.58. The molecule has 3 rings (SSSR count). The largest absolute Gasteiger partial charge is 0.347 e. The molecule has 1 atom stereocenters. The molecule has 2 amide bonds. The molecule has 2 N–H and O–H groups in total. The van der Waals surface area contributed by atoms with Gasteiger partial charge in [0.15, 0.2) is 0 Å². The molecule has 8 heteroatoms. The van der Waals surface area contributed by atoms with Crippen LogP contribution in [0, 0.1) is 0 Å². The minimum Gasteiger partial charge on any atom is -0.347 e. The fourth-order valence-electron chi connectivity index (χ4n) is 2.71. The molecule has 0 bridgehead atoms. The number of urea groups is 1. The van der Waals surface area contributed by atoms with E-state index in [1.54, 1.807) is 11.7 Å². The van der Waals surface area contributed by atoms with Gasteiger partial charge in [0.05, 0.1) is 23.8 Å². The van der Waals surface area contributed by atoms with Crippen molar-refractivity contribution in [2.24, 2.45) is 0 Å². The molecule has 118 valence electrons. The summed E-state index contributed by atoms with van der Waals surface area (Å²) in [6, 6.07) is 0.0825. The molecule has 1 unspecified atom stereocenters. The lowest BCUT2D eigenvalue weighted by atomic mass is 10.1. The van der Waals surface area contributed by atoms with E-state index in [1.165, 1.54) is 11.3 Å². The van der Waals surface area contributed by atoms with E-state index < -0.39 is 0 Å². The van der Waals surface area contributed by atoms with Gasteiger partial charge in [-0.1, -0.05) is 6.92 Å². The summed E-state index contributed by atoms with van der Waals surface area (Å²) in [7, 11) is 0. The van der Waals surface area contributed by atoms with Gasteiger partial charge in [-0.2, -0.15) is 0 Å². The number of hydrogen-bond acceptors (Lipinski definition) is 5. The highest BCUT2D eigenvalue weighted by molar-refractivity contribution is 7.07. The zero-order valence-corrected chi connectivity index (χ0v) is 13.3. The number of likely N-dealkylation sites (N-methyl/N-ethyl adjacent to an activating group) is 1. The molecule has 1 aliphatic heterocycles. The number of carbonyl (C=O) groups is 1. The van der Waals surface area contributed by atoms with Crippen LogP contribution in [0.1, 0.15) is 24.5 Å². The van der Waals surface area contributed by atoms with Crippen molar-refractivity contribution < 1.29 is 4.79 Å². The van der Waals surface area contributed by atoms with Crippen LogP contribution in [0.25, 0.3) is 0 Å². The van der Waals surface area contributed by atoms with E-state index in [2.05, 4.69) is 32.1 Å². The van der Waals surface area contributed by atoms with Crippen molar-refractivity contribution in [2.45, 2.75) is 19.5 Å². The van der Waals surface area contributed by atoms with E-state index in [0.29, 0.717) is 13.1 Å². The van der Waals surface area contributed by atoms with E-state index in [1.807, 2.05) is 16.5 Å². The van der Waals surface area contributed by atoms with E-state index >= 15 is 0 Å². The highest BCUT2D eigenvalue weighted by Gasteiger charge is 2.31. The van der Waals surface area contributed by atoms with E-state index in [9.17, 15) is 4.79 Å². The summed E-state index contributed by atoms with van der Waals surface area (Å²) in [6.45, 7) is 5.78. The number of hydrogen-bond donors (Lipinski definition) is 2. The Hall–Kier alpha value is -1.93. The Labute approximate surface area is 133 Å². The third-order valence-corrected chi connectivity index (χ3v) is 4.56. The third kappa shape index (κ3) is 3.28. The van der Waals surface area contributed by atoms with Crippen molar-refractivity contribution in [3.8, 4) is 0 Å². The molecule has 22 heavy (non-hydrogen) atoms. The predicted molar refractivity (Wildman–Crippen MR) is 84.5 cm³/mol. The van der Waals surface area contributed by atoms with Crippen LogP contribution in [0.4, 0.5) is 4.79 Å². The van der Waals surface area contributed by atoms with Gasteiger partial charge >= 0.3 is 6.03 Å². The Morgan fingerprint density at radius 2 is 2.41 bits per heavy atom. The molecular weight excluding hydrogens is 300 g/mol. The second-order valence-electron chi connectivity index (χ2n) is 5.20. The molecule has 7 nitrogen and oxygen atoms in total. The first-order valence-corrected chi connectivity index (χ1v) is 8.35.